The van der Waals surface area contributed by atoms with Gasteiger partial charge in [0.1, 0.15) is 5.60 Å². The maximum Gasteiger partial charge on any atom is 0.116 e. The minimum Gasteiger partial charge on any atom is -0.393 e. The van der Waals surface area contributed by atoms with Crippen molar-refractivity contribution in [1.82, 2.24) is 0 Å². The number of fused-ring (bicyclic) bond motifs is 5. The van der Waals surface area contributed by atoms with Gasteiger partial charge in [0, 0.05) is 5.41 Å². The zero-order valence-electron chi connectivity index (χ0n) is 21.5. The molecular formula is C29H48O3. The zero-order chi connectivity index (χ0) is 23.3. The zero-order valence-corrected chi connectivity index (χ0v) is 21.5. The van der Waals surface area contributed by atoms with Crippen LogP contribution in [-0.4, -0.2) is 22.1 Å². The van der Waals surface area contributed by atoms with E-state index < -0.39 is 5.60 Å². The molecule has 0 spiro atoms. The highest BCUT2D eigenvalue weighted by atomic mass is 17.1. The fourth-order valence-corrected chi connectivity index (χ4v) is 9.10. The summed E-state index contributed by atoms with van der Waals surface area (Å²) in [5.41, 5.74) is 2.66. The Balaban J connectivity index is 1.57. The number of allylic oxidation sites excluding steroid dienone is 3. The first-order valence-electron chi connectivity index (χ1n) is 13.5. The normalized spacial score (nSPS) is 45.2. The SMILES string of the molecule is CC=C(CC[C@@H](C)[C@H]1CC[C@H]2[C@@H]3CC=C4CC(O)CC[C@]4(C)[C@@]3(OO)CC[C@]12C)C(C)C. The quantitative estimate of drug-likeness (QED) is 0.252. The van der Waals surface area contributed by atoms with Crippen LogP contribution in [0.4, 0.5) is 0 Å². The summed E-state index contributed by atoms with van der Waals surface area (Å²) in [6, 6.07) is 0. The molecule has 32 heavy (non-hydrogen) atoms. The van der Waals surface area contributed by atoms with Crippen LogP contribution < -0.4 is 0 Å². The lowest BCUT2D eigenvalue weighted by Crippen LogP contribution is -2.64. The van der Waals surface area contributed by atoms with E-state index in [2.05, 4.69) is 53.7 Å². The largest absolute Gasteiger partial charge is 0.393 e. The lowest BCUT2D eigenvalue weighted by molar-refractivity contribution is -0.385. The van der Waals surface area contributed by atoms with Crippen LogP contribution in [0.25, 0.3) is 0 Å². The molecule has 0 saturated heterocycles. The molecule has 4 aliphatic carbocycles. The molecule has 3 fully saturated rings. The fourth-order valence-electron chi connectivity index (χ4n) is 9.10. The van der Waals surface area contributed by atoms with Gasteiger partial charge in [0.2, 0.25) is 0 Å². The average Bonchev–Trinajstić information content (AvgIpc) is 3.11. The van der Waals surface area contributed by atoms with Crippen LogP contribution in [0.3, 0.4) is 0 Å². The summed E-state index contributed by atoms with van der Waals surface area (Å²) < 4.78 is 0. The number of aliphatic hydroxyl groups excluding tert-OH is 1. The molecule has 4 rings (SSSR count). The fraction of sp³-hybridized carbons (Fsp3) is 0.862. The smallest absolute Gasteiger partial charge is 0.116 e. The van der Waals surface area contributed by atoms with Crippen molar-refractivity contribution in [2.75, 3.05) is 0 Å². The predicted octanol–water partition coefficient (Wildman–Crippen LogP) is 7.56. The molecule has 0 aromatic rings. The molecule has 0 aromatic heterocycles. The van der Waals surface area contributed by atoms with Gasteiger partial charge < -0.3 is 5.11 Å². The Bertz CT molecular complexity index is 754. The van der Waals surface area contributed by atoms with Gasteiger partial charge in [-0.2, -0.15) is 0 Å². The third-order valence-corrected chi connectivity index (χ3v) is 11.1. The maximum atomic E-state index is 10.5. The molecular weight excluding hydrogens is 396 g/mol. The highest BCUT2D eigenvalue weighted by Crippen LogP contribution is 2.69. The van der Waals surface area contributed by atoms with E-state index in [0.29, 0.717) is 23.2 Å². The molecule has 0 bridgehead atoms. The van der Waals surface area contributed by atoms with Crippen molar-refractivity contribution < 1.29 is 15.3 Å². The van der Waals surface area contributed by atoms with Crippen molar-refractivity contribution in [3.8, 4) is 0 Å². The van der Waals surface area contributed by atoms with Crippen molar-refractivity contribution in [3.05, 3.63) is 23.3 Å². The summed E-state index contributed by atoms with van der Waals surface area (Å²) in [4.78, 5) is 5.63. The van der Waals surface area contributed by atoms with Crippen LogP contribution in [0, 0.1) is 40.4 Å². The number of aliphatic hydroxyl groups is 1. The van der Waals surface area contributed by atoms with Gasteiger partial charge in [-0.3, -0.25) is 5.26 Å². The Hall–Kier alpha value is -0.640. The maximum absolute atomic E-state index is 10.5. The van der Waals surface area contributed by atoms with Crippen molar-refractivity contribution in [3.63, 3.8) is 0 Å². The van der Waals surface area contributed by atoms with Crippen LogP contribution in [0.1, 0.15) is 106 Å². The summed E-state index contributed by atoms with van der Waals surface area (Å²) in [5.74, 6) is 3.14. The van der Waals surface area contributed by atoms with Gasteiger partial charge in [-0.05, 0) is 106 Å². The Kier molecular flexibility index (Phi) is 6.78. The Morgan fingerprint density at radius 1 is 1.12 bits per heavy atom. The van der Waals surface area contributed by atoms with Crippen molar-refractivity contribution in [2.24, 2.45) is 40.4 Å². The van der Waals surface area contributed by atoms with Gasteiger partial charge in [-0.15, -0.1) is 0 Å². The third kappa shape index (κ3) is 3.57. The van der Waals surface area contributed by atoms with Gasteiger partial charge in [-0.25, -0.2) is 4.89 Å². The molecule has 3 saturated carbocycles. The molecule has 4 aliphatic rings. The Morgan fingerprint density at radius 2 is 1.88 bits per heavy atom. The van der Waals surface area contributed by atoms with Gasteiger partial charge in [0.15, 0.2) is 0 Å². The third-order valence-electron chi connectivity index (χ3n) is 11.1. The molecule has 2 N–H and O–H groups in total. The lowest BCUT2D eigenvalue weighted by Gasteiger charge is -2.63. The Morgan fingerprint density at radius 3 is 2.53 bits per heavy atom. The van der Waals surface area contributed by atoms with Crippen LogP contribution in [0.2, 0.25) is 0 Å². The molecule has 0 heterocycles. The molecule has 3 nitrogen and oxygen atoms in total. The van der Waals surface area contributed by atoms with E-state index in [1.807, 2.05) is 0 Å². The standard InChI is InChI=1S/C29H48O3/c1-7-21(19(2)3)9-8-20(4)24-12-13-25-26-11-10-22-18-23(30)14-15-28(22,6)29(26,32-31)17-16-27(24,25)5/h7,10,19-20,23-26,30-31H,8-9,11-18H2,1-6H3/t20-,23?,24-,25+,26+,27-,28+,29-/m1/s1. The van der Waals surface area contributed by atoms with Crippen LogP contribution >= 0.6 is 0 Å². The number of hydrogen-bond acceptors (Lipinski definition) is 3. The topological polar surface area (TPSA) is 49.7 Å². The highest BCUT2D eigenvalue weighted by Gasteiger charge is 2.67. The first-order chi connectivity index (χ1) is 15.1. The molecule has 0 radical (unpaired) electrons. The molecule has 0 aromatic carbocycles. The molecule has 0 amide bonds. The first-order valence-corrected chi connectivity index (χ1v) is 13.5. The van der Waals surface area contributed by atoms with Crippen LogP contribution in [-0.2, 0) is 4.89 Å². The second kappa shape index (κ2) is 8.86. The number of rotatable bonds is 6. The van der Waals surface area contributed by atoms with Gasteiger partial charge in [-0.1, -0.05) is 57.9 Å². The van der Waals surface area contributed by atoms with Gasteiger partial charge >= 0.3 is 0 Å². The van der Waals surface area contributed by atoms with E-state index in [-0.39, 0.29) is 11.5 Å². The molecule has 182 valence electrons. The van der Waals surface area contributed by atoms with E-state index in [1.54, 1.807) is 5.57 Å². The van der Waals surface area contributed by atoms with Crippen molar-refractivity contribution >= 4 is 0 Å². The summed E-state index contributed by atoms with van der Waals surface area (Å²) >= 11 is 0. The highest BCUT2D eigenvalue weighted by molar-refractivity contribution is 5.31. The molecule has 0 aliphatic heterocycles. The monoisotopic (exact) mass is 444 g/mol. The van der Waals surface area contributed by atoms with Gasteiger partial charge in [0.05, 0.1) is 6.10 Å². The van der Waals surface area contributed by atoms with Crippen LogP contribution in [0.15, 0.2) is 23.3 Å². The van der Waals surface area contributed by atoms with Crippen molar-refractivity contribution in [2.45, 2.75) is 117 Å². The van der Waals surface area contributed by atoms with E-state index in [9.17, 15) is 10.4 Å². The molecule has 3 heteroatoms. The summed E-state index contributed by atoms with van der Waals surface area (Å²) in [6.07, 6.45) is 15.2. The summed E-state index contributed by atoms with van der Waals surface area (Å²) in [5, 5.41) is 20.8. The van der Waals surface area contributed by atoms with E-state index in [4.69, 9.17) is 4.89 Å². The van der Waals surface area contributed by atoms with E-state index >= 15 is 0 Å². The second-order valence-electron chi connectivity index (χ2n) is 12.6. The lowest BCUT2D eigenvalue weighted by atomic mass is 9.44. The van der Waals surface area contributed by atoms with Crippen LogP contribution in [0.5, 0.6) is 0 Å². The predicted molar refractivity (Wildman–Crippen MR) is 131 cm³/mol. The van der Waals surface area contributed by atoms with Crippen molar-refractivity contribution in [1.29, 1.82) is 0 Å². The van der Waals surface area contributed by atoms with Gasteiger partial charge in [0.25, 0.3) is 0 Å². The minimum atomic E-state index is -0.477. The molecule has 8 atom stereocenters. The summed E-state index contributed by atoms with van der Waals surface area (Å²) in [6.45, 7) is 14.2. The van der Waals surface area contributed by atoms with E-state index in [1.165, 1.54) is 31.3 Å². The van der Waals surface area contributed by atoms with E-state index in [0.717, 1.165) is 50.4 Å². The number of hydrogen-bond donors (Lipinski definition) is 2. The molecule has 1 unspecified atom stereocenters. The Labute approximate surface area is 196 Å². The second-order valence-corrected chi connectivity index (χ2v) is 12.6. The first kappa shape index (κ1) is 24.5. The minimum absolute atomic E-state index is 0.146. The summed E-state index contributed by atoms with van der Waals surface area (Å²) in [7, 11) is 0. The average molecular weight is 445 g/mol.